The molecule has 6 nitrogen and oxygen atoms in total. The van der Waals surface area contributed by atoms with Crippen molar-refractivity contribution in [3.05, 3.63) is 46.1 Å². The number of aromatic nitrogens is 3. The average Bonchev–Trinajstić information content (AvgIpc) is 3.08. The maximum absolute atomic E-state index is 10.7. The zero-order valence-electron chi connectivity index (χ0n) is 14.1. The minimum absolute atomic E-state index is 0.0559. The monoisotopic (exact) mass is 346 g/mol. The zero-order chi connectivity index (χ0) is 17.3. The number of hydrogen-bond donors (Lipinski definition) is 2. The summed E-state index contributed by atoms with van der Waals surface area (Å²) in [5.41, 5.74) is 2.23. The van der Waals surface area contributed by atoms with Gasteiger partial charge in [-0.25, -0.2) is 4.98 Å². The van der Waals surface area contributed by atoms with Gasteiger partial charge in [-0.05, 0) is 19.5 Å². The number of fused-ring (bicyclic) bond motifs is 1. The summed E-state index contributed by atoms with van der Waals surface area (Å²) in [6, 6.07) is 8.04. The molecule has 24 heavy (non-hydrogen) atoms. The van der Waals surface area contributed by atoms with Crippen LogP contribution in [0.1, 0.15) is 34.8 Å². The summed E-state index contributed by atoms with van der Waals surface area (Å²) < 4.78 is 1.51. The molecule has 2 heterocycles. The molecule has 0 aliphatic heterocycles. The van der Waals surface area contributed by atoms with E-state index in [9.17, 15) is 10.2 Å². The number of aliphatic hydroxyl groups excluding tert-OH is 1. The lowest BCUT2D eigenvalue weighted by atomic mass is 10.0. The lowest BCUT2D eigenvalue weighted by Crippen LogP contribution is -2.28. The van der Waals surface area contributed by atoms with E-state index >= 15 is 0 Å². The van der Waals surface area contributed by atoms with Crippen molar-refractivity contribution in [3.8, 4) is 5.88 Å². The predicted octanol–water partition coefficient (Wildman–Crippen LogP) is 2.38. The van der Waals surface area contributed by atoms with Crippen LogP contribution < -0.4 is 0 Å². The Labute approximate surface area is 145 Å². The van der Waals surface area contributed by atoms with Gasteiger partial charge in [-0.15, -0.1) is 5.10 Å². The molecule has 1 aromatic carbocycles. The summed E-state index contributed by atoms with van der Waals surface area (Å²) >= 11 is 1.44. The van der Waals surface area contributed by atoms with Crippen molar-refractivity contribution in [2.45, 2.75) is 26.3 Å². The Balaban J connectivity index is 2.11. The van der Waals surface area contributed by atoms with E-state index in [0.29, 0.717) is 11.5 Å². The molecule has 0 radical (unpaired) electrons. The molecule has 0 saturated heterocycles. The molecule has 0 fully saturated rings. The fourth-order valence-corrected chi connectivity index (χ4v) is 4.02. The summed E-state index contributed by atoms with van der Waals surface area (Å²) in [6.07, 6.45) is 0.731. The van der Waals surface area contributed by atoms with E-state index in [1.807, 2.05) is 44.0 Å². The van der Waals surface area contributed by atoms with E-state index in [4.69, 9.17) is 0 Å². The van der Waals surface area contributed by atoms with Crippen molar-refractivity contribution < 1.29 is 10.2 Å². The topological polar surface area (TPSA) is 73.9 Å². The molecule has 2 N–H and O–H groups in total. The molecule has 3 aromatic rings. The molecule has 0 aliphatic rings. The Morgan fingerprint density at radius 2 is 2.17 bits per heavy atom. The molecule has 7 heteroatoms. The quantitative estimate of drug-likeness (QED) is 0.717. The largest absolute Gasteiger partial charge is 0.492 e. The third kappa shape index (κ3) is 3.02. The van der Waals surface area contributed by atoms with Gasteiger partial charge in [-0.2, -0.15) is 4.52 Å². The summed E-state index contributed by atoms with van der Waals surface area (Å²) in [6.45, 7) is 4.59. The van der Waals surface area contributed by atoms with Crippen molar-refractivity contribution >= 4 is 16.3 Å². The van der Waals surface area contributed by atoms with Gasteiger partial charge < -0.3 is 10.2 Å². The summed E-state index contributed by atoms with van der Waals surface area (Å²) in [5.74, 6) is 0.845. The molecule has 0 aliphatic carbocycles. The van der Waals surface area contributed by atoms with Crippen LogP contribution in [0.2, 0.25) is 0 Å². The van der Waals surface area contributed by atoms with E-state index in [0.717, 1.165) is 28.2 Å². The number of benzene rings is 1. The van der Waals surface area contributed by atoms with Crippen molar-refractivity contribution in [2.75, 3.05) is 20.2 Å². The summed E-state index contributed by atoms with van der Waals surface area (Å²) in [7, 11) is 1.94. The van der Waals surface area contributed by atoms with Gasteiger partial charge in [-0.1, -0.05) is 48.1 Å². The third-order valence-corrected chi connectivity index (χ3v) is 5.13. The van der Waals surface area contributed by atoms with Crippen molar-refractivity contribution in [1.29, 1.82) is 0 Å². The van der Waals surface area contributed by atoms with Gasteiger partial charge in [0.05, 0.1) is 17.5 Å². The van der Waals surface area contributed by atoms with Crippen LogP contribution in [0.5, 0.6) is 5.88 Å². The number of aliphatic hydroxyl groups is 1. The molecule has 2 aromatic heterocycles. The van der Waals surface area contributed by atoms with Gasteiger partial charge >= 0.3 is 0 Å². The van der Waals surface area contributed by atoms with E-state index < -0.39 is 0 Å². The van der Waals surface area contributed by atoms with Gasteiger partial charge in [0.2, 0.25) is 10.8 Å². The van der Waals surface area contributed by atoms with Crippen LogP contribution in [0.3, 0.4) is 0 Å². The lowest BCUT2D eigenvalue weighted by molar-refractivity contribution is 0.196. The minimum atomic E-state index is -0.157. The third-order valence-electron chi connectivity index (χ3n) is 4.06. The van der Waals surface area contributed by atoms with E-state index in [-0.39, 0.29) is 18.5 Å². The number of aryl methyl sites for hydroxylation is 2. The standard InChI is InChI=1S/C17H22N4O2S/c1-4-13-18-17-21(19-13)16(23)15(24-17)14(20(3)8-9-22)12-7-5-6-11(2)10-12/h5-7,10,14,22-23H,4,8-9H2,1-3H3. The van der Waals surface area contributed by atoms with Gasteiger partial charge in [0.15, 0.2) is 5.82 Å². The zero-order valence-corrected chi connectivity index (χ0v) is 14.9. The Morgan fingerprint density at radius 1 is 1.38 bits per heavy atom. The first kappa shape index (κ1) is 16.9. The second-order valence-corrected chi connectivity index (χ2v) is 6.90. The first-order valence-electron chi connectivity index (χ1n) is 8.00. The highest BCUT2D eigenvalue weighted by molar-refractivity contribution is 7.17. The van der Waals surface area contributed by atoms with Crippen molar-refractivity contribution in [1.82, 2.24) is 19.5 Å². The van der Waals surface area contributed by atoms with Crippen LogP contribution in [0.4, 0.5) is 0 Å². The summed E-state index contributed by atoms with van der Waals surface area (Å²) in [5, 5.41) is 24.4. The highest BCUT2D eigenvalue weighted by Crippen LogP contribution is 2.39. The lowest BCUT2D eigenvalue weighted by Gasteiger charge is -2.27. The number of rotatable bonds is 6. The van der Waals surface area contributed by atoms with Crippen LogP contribution in [-0.2, 0) is 6.42 Å². The number of aromatic hydroxyl groups is 1. The van der Waals surface area contributed by atoms with E-state index in [1.165, 1.54) is 15.9 Å². The highest BCUT2D eigenvalue weighted by atomic mass is 32.1. The Hall–Kier alpha value is -1.96. The first-order chi connectivity index (χ1) is 11.5. The van der Waals surface area contributed by atoms with E-state index in [1.54, 1.807) is 0 Å². The molecule has 0 spiro atoms. The van der Waals surface area contributed by atoms with Gasteiger partial charge in [0.1, 0.15) is 0 Å². The SMILES string of the molecule is CCc1nc2sc(C(c3cccc(C)c3)N(C)CCO)c(O)n2n1. The second kappa shape index (κ2) is 6.88. The predicted molar refractivity (Wildman–Crippen MR) is 94.6 cm³/mol. The Bertz CT molecular complexity index is 842. The Morgan fingerprint density at radius 3 is 2.79 bits per heavy atom. The van der Waals surface area contributed by atoms with Crippen LogP contribution in [0, 0.1) is 6.92 Å². The number of thiazole rings is 1. The number of likely N-dealkylation sites (N-methyl/N-ethyl adjacent to an activating group) is 1. The molecule has 1 atom stereocenters. The molecule has 1 unspecified atom stereocenters. The van der Waals surface area contributed by atoms with Crippen molar-refractivity contribution in [3.63, 3.8) is 0 Å². The molecule has 128 valence electrons. The molecular formula is C17H22N4O2S. The maximum Gasteiger partial charge on any atom is 0.230 e. The minimum Gasteiger partial charge on any atom is -0.492 e. The molecular weight excluding hydrogens is 324 g/mol. The van der Waals surface area contributed by atoms with Crippen LogP contribution >= 0.6 is 11.3 Å². The second-order valence-electron chi connectivity index (χ2n) is 5.89. The van der Waals surface area contributed by atoms with Crippen molar-refractivity contribution in [2.24, 2.45) is 0 Å². The molecule has 0 bridgehead atoms. The molecule has 3 rings (SSSR count). The normalized spacial score (nSPS) is 13.0. The van der Waals surface area contributed by atoms with Gasteiger partial charge in [0, 0.05) is 13.0 Å². The molecule has 0 amide bonds. The van der Waals surface area contributed by atoms with Crippen LogP contribution in [0.25, 0.3) is 4.96 Å². The maximum atomic E-state index is 10.7. The van der Waals surface area contributed by atoms with Crippen LogP contribution in [0.15, 0.2) is 24.3 Å². The summed E-state index contributed by atoms with van der Waals surface area (Å²) in [4.78, 5) is 7.96. The molecule has 0 saturated carbocycles. The number of nitrogens with zero attached hydrogens (tertiary/aromatic N) is 4. The number of hydrogen-bond acceptors (Lipinski definition) is 6. The van der Waals surface area contributed by atoms with Gasteiger partial charge in [0.25, 0.3) is 0 Å². The van der Waals surface area contributed by atoms with E-state index in [2.05, 4.69) is 16.1 Å². The van der Waals surface area contributed by atoms with Gasteiger partial charge in [-0.3, -0.25) is 4.90 Å². The van der Waals surface area contributed by atoms with Crippen LogP contribution in [-0.4, -0.2) is 49.9 Å². The fraction of sp³-hybridized carbons (Fsp3) is 0.412. The Kier molecular flexibility index (Phi) is 4.84. The first-order valence-corrected chi connectivity index (χ1v) is 8.81. The highest BCUT2D eigenvalue weighted by Gasteiger charge is 2.27. The fourth-order valence-electron chi connectivity index (χ4n) is 2.85. The smallest absolute Gasteiger partial charge is 0.230 e. The average molecular weight is 346 g/mol.